The average Bonchev–Trinajstić information content (AvgIpc) is 3.22. The van der Waals surface area contributed by atoms with Crippen LogP contribution in [-0.4, -0.2) is 28.0 Å². The average molecular weight is 432 g/mol. The normalized spacial score (nSPS) is 13.7. The molecule has 0 aromatic carbocycles. The van der Waals surface area contributed by atoms with Crippen molar-refractivity contribution in [2.24, 2.45) is 0 Å². The molecular weight excluding hydrogens is 410 g/mol. The van der Waals surface area contributed by atoms with E-state index in [4.69, 9.17) is 4.74 Å². The zero-order valence-corrected chi connectivity index (χ0v) is 17.7. The Morgan fingerprint density at radius 3 is 2.93 bits per heavy atom. The third kappa shape index (κ3) is 3.97. The molecule has 0 bridgehead atoms. The highest BCUT2D eigenvalue weighted by atomic mass is 32.1. The summed E-state index contributed by atoms with van der Waals surface area (Å²) in [6.07, 6.45) is 6.69. The molecule has 3 aromatic heterocycles. The SMILES string of the molecule is CCOC(=O)c1ccsc1NC(=O)Cn1cnc2sc3c(c2c1=O)CCCCC3. The minimum atomic E-state index is -0.481. The molecule has 0 aliphatic heterocycles. The number of nitrogens with zero attached hydrogens (tertiary/aromatic N) is 2. The first kappa shape index (κ1) is 19.8. The van der Waals surface area contributed by atoms with E-state index in [9.17, 15) is 14.4 Å². The number of anilines is 1. The lowest BCUT2D eigenvalue weighted by Crippen LogP contribution is -2.28. The van der Waals surface area contributed by atoms with E-state index < -0.39 is 5.97 Å². The van der Waals surface area contributed by atoms with E-state index >= 15 is 0 Å². The molecule has 9 heteroatoms. The fourth-order valence-corrected chi connectivity index (χ4v) is 5.58. The van der Waals surface area contributed by atoms with Gasteiger partial charge in [-0.1, -0.05) is 6.42 Å². The summed E-state index contributed by atoms with van der Waals surface area (Å²) in [6, 6.07) is 1.61. The van der Waals surface area contributed by atoms with Gasteiger partial charge in [-0.05, 0) is 49.6 Å². The van der Waals surface area contributed by atoms with Gasteiger partial charge in [-0.15, -0.1) is 22.7 Å². The minimum Gasteiger partial charge on any atom is -0.462 e. The number of carbonyl (C=O) groups is 2. The number of rotatable bonds is 5. The van der Waals surface area contributed by atoms with E-state index in [0.29, 0.717) is 16.0 Å². The van der Waals surface area contributed by atoms with Crippen LogP contribution in [0.4, 0.5) is 5.00 Å². The third-order valence-electron chi connectivity index (χ3n) is 4.92. The van der Waals surface area contributed by atoms with E-state index in [0.717, 1.165) is 36.1 Å². The Kier molecular flexibility index (Phi) is 5.77. The zero-order chi connectivity index (χ0) is 20.4. The largest absolute Gasteiger partial charge is 0.462 e. The van der Waals surface area contributed by atoms with Gasteiger partial charge >= 0.3 is 5.97 Å². The molecule has 1 amide bonds. The summed E-state index contributed by atoms with van der Waals surface area (Å²) in [6.45, 7) is 1.82. The number of thiophene rings is 2. The molecule has 0 radical (unpaired) electrons. The first-order valence-corrected chi connectivity index (χ1v) is 11.3. The highest BCUT2D eigenvalue weighted by Gasteiger charge is 2.20. The Balaban J connectivity index is 1.57. The van der Waals surface area contributed by atoms with Crippen molar-refractivity contribution in [1.29, 1.82) is 0 Å². The predicted octanol–water partition coefficient (Wildman–Crippen LogP) is 3.60. The Hall–Kier alpha value is -2.52. The highest BCUT2D eigenvalue weighted by molar-refractivity contribution is 7.18. The minimum absolute atomic E-state index is 0.160. The smallest absolute Gasteiger partial charge is 0.341 e. The van der Waals surface area contributed by atoms with Crippen molar-refractivity contribution < 1.29 is 14.3 Å². The molecule has 152 valence electrons. The molecule has 0 saturated carbocycles. The number of fused-ring (bicyclic) bond motifs is 3. The molecule has 1 N–H and O–H groups in total. The summed E-state index contributed by atoms with van der Waals surface area (Å²) >= 11 is 2.83. The molecule has 3 heterocycles. The number of hydrogen-bond acceptors (Lipinski definition) is 7. The predicted molar refractivity (Wildman–Crippen MR) is 114 cm³/mol. The lowest BCUT2D eigenvalue weighted by atomic mass is 10.1. The van der Waals surface area contributed by atoms with Crippen molar-refractivity contribution in [3.8, 4) is 0 Å². The standard InChI is InChI=1S/C20H21N3O4S2/c1-2-27-20(26)13-8-9-28-17(13)22-15(24)10-23-11-21-18-16(19(23)25)12-6-4-3-5-7-14(12)29-18/h8-9,11H,2-7,10H2,1H3,(H,22,24). The lowest BCUT2D eigenvalue weighted by molar-refractivity contribution is -0.116. The van der Waals surface area contributed by atoms with Gasteiger partial charge in [0.25, 0.3) is 5.56 Å². The maximum Gasteiger partial charge on any atom is 0.341 e. The fourth-order valence-electron chi connectivity index (χ4n) is 3.57. The van der Waals surface area contributed by atoms with E-state index in [1.54, 1.807) is 29.7 Å². The maximum atomic E-state index is 13.1. The number of aromatic nitrogens is 2. The van der Waals surface area contributed by atoms with Crippen LogP contribution in [0, 0.1) is 0 Å². The van der Waals surface area contributed by atoms with Crippen LogP contribution in [0.3, 0.4) is 0 Å². The van der Waals surface area contributed by atoms with Crippen molar-refractivity contribution in [3.63, 3.8) is 0 Å². The first-order chi connectivity index (χ1) is 14.1. The van der Waals surface area contributed by atoms with Crippen molar-refractivity contribution in [1.82, 2.24) is 9.55 Å². The second-order valence-electron chi connectivity index (χ2n) is 6.85. The van der Waals surface area contributed by atoms with Gasteiger partial charge in [-0.25, -0.2) is 9.78 Å². The van der Waals surface area contributed by atoms with Crippen LogP contribution in [-0.2, 0) is 28.9 Å². The Morgan fingerprint density at radius 2 is 2.10 bits per heavy atom. The van der Waals surface area contributed by atoms with Crippen LogP contribution in [0.5, 0.6) is 0 Å². The number of nitrogens with one attached hydrogen (secondary N) is 1. The summed E-state index contributed by atoms with van der Waals surface area (Å²) in [5.74, 6) is -0.868. The first-order valence-electron chi connectivity index (χ1n) is 9.62. The second kappa shape index (κ2) is 8.46. The van der Waals surface area contributed by atoms with Gasteiger partial charge in [0.15, 0.2) is 0 Å². The molecule has 1 aliphatic rings. The van der Waals surface area contributed by atoms with Crippen LogP contribution < -0.4 is 10.9 Å². The molecule has 0 unspecified atom stereocenters. The van der Waals surface area contributed by atoms with Gasteiger partial charge in [0.2, 0.25) is 5.91 Å². The van der Waals surface area contributed by atoms with Crippen LogP contribution >= 0.6 is 22.7 Å². The van der Waals surface area contributed by atoms with Gasteiger partial charge < -0.3 is 10.1 Å². The quantitative estimate of drug-likeness (QED) is 0.492. The number of esters is 1. The van der Waals surface area contributed by atoms with E-state index in [1.165, 1.54) is 33.5 Å². The van der Waals surface area contributed by atoms with Crippen molar-refractivity contribution in [3.05, 3.63) is 44.1 Å². The maximum absolute atomic E-state index is 13.1. The van der Waals surface area contributed by atoms with Crippen molar-refractivity contribution in [2.45, 2.75) is 45.6 Å². The summed E-state index contributed by atoms with van der Waals surface area (Å²) in [5, 5.41) is 5.50. The molecule has 0 spiro atoms. The summed E-state index contributed by atoms with van der Waals surface area (Å²) < 4.78 is 6.34. The van der Waals surface area contributed by atoms with Crippen LogP contribution in [0.15, 0.2) is 22.6 Å². The fraction of sp³-hybridized carbons (Fsp3) is 0.400. The summed E-state index contributed by atoms with van der Waals surface area (Å²) in [7, 11) is 0. The second-order valence-corrected chi connectivity index (χ2v) is 8.85. The zero-order valence-electron chi connectivity index (χ0n) is 16.0. The number of amides is 1. The summed E-state index contributed by atoms with van der Waals surface area (Å²) in [5.41, 5.74) is 1.24. The molecule has 0 fully saturated rings. The third-order valence-corrected chi connectivity index (χ3v) is 6.95. The Labute approximate surface area is 175 Å². The molecule has 0 atom stereocenters. The van der Waals surface area contributed by atoms with Gasteiger partial charge in [0, 0.05) is 4.88 Å². The van der Waals surface area contributed by atoms with E-state index in [1.807, 2.05) is 0 Å². The summed E-state index contributed by atoms with van der Waals surface area (Å²) in [4.78, 5) is 44.0. The van der Waals surface area contributed by atoms with Crippen LogP contribution in [0.1, 0.15) is 47.0 Å². The van der Waals surface area contributed by atoms with Crippen LogP contribution in [0.2, 0.25) is 0 Å². The van der Waals surface area contributed by atoms with Crippen molar-refractivity contribution >= 4 is 49.8 Å². The topological polar surface area (TPSA) is 90.3 Å². The van der Waals surface area contributed by atoms with Gasteiger partial charge in [-0.3, -0.25) is 14.2 Å². The van der Waals surface area contributed by atoms with Gasteiger partial charge in [-0.2, -0.15) is 0 Å². The molecule has 0 saturated heterocycles. The monoisotopic (exact) mass is 431 g/mol. The molecule has 4 rings (SSSR count). The Morgan fingerprint density at radius 1 is 1.28 bits per heavy atom. The molecule has 7 nitrogen and oxygen atoms in total. The van der Waals surface area contributed by atoms with E-state index in [2.05, 4.69) is 10.3 Å². The van der Waals surface area contributed by atoms with Gasteiger partial charge in [0.05, 0.1) is 23.9 Å². The van der Waals surface area contributed by atoms with E-state index in [-0.39, 0.29) is 24.6 Å². The number of hydrogen-bond donors (Lipinski definition) is 1. The molecular formula is C20H21N3O4S2. The van der Waals surface area contributed by atoms with Gasteiger partial charge in [0.1, 0.15) is 16.4 Å². The number of aryl methyl sites for hydroxylation is 2. The molecule has 29 heavy (non-hydrogen) atoms. The highest BCUT2D eigenvalue weighted by Crippen LogP contribution is 2.32. The number of carbonyl (C=O) groups excluding carboxylic acids is 2. The van der Waals surface area contributed by atoms with Crippen LogP contribution in [0.25, 0.3) is 10.2 Å². The molecule has 1 aliphatic carbocycles. The Bertz CT molecular complexity index is 1130. The lowest BCUT2D eigenvalue weighted by Gasteiger charge is -2.08. The van der Waals surface area contributed by atoms with Crippen molar-refractivity contribution in [2.75, 3.05) is 11.9 Å². The molecule has 3 aromatic rings. The number of ether oxygens (including phenoxy) is 1.